The van der Waals surface area contributed by atoms with E-state index in [9.17, 15) is 9.59 Å². The molecule has 1 aromatic carbocycles. The van der Waals surface area contributed by atoms with Crippen LogP contribution in [0.3, 0.4) is 0 Å². The molecule has 1 aromatic heterocycles. The van der Waals surface area contributed by atoms with Gasteiger partial charge in [-0.3, -0.25) is 9.88 Å². The maximum Gasteiger partial charge on any atom is 0.354 e. The normalized spacial score (nSPS) is 21.5. The van der Waals surface area contributed by atoms with Crippen LogP contribution in [0, 0.1) is 5.41 Å². The van der Waals surface area contributed by atoms with Crippen molar-refractivity contribution in [1.29, 1.82) is 0 Å². The van der Waals surface area contributed by atoms with E-state index in [4.69, 9.17) is 5.73 Å². The average molecular weight is 480 g/mol. The van der Waals surface area contributed by atoms with E-state index in [0.717, 1.165) is 38.3 Å². The summed E-state index contributed by atoms with van der Waals surface area (Å²) in [6, 6.07) is 10.5. The van der Waals surface area contributed by atoms with E-state index < -0.39 is 5.69 Å². The Morgan fingerprint density at radius 2 is 1.83 bits per heavy atom. The summed E-state index contributed by atoms with van der Waals surface area (Å²) in [5.74, 6) is 0.271. The number of hydrogen-bond donors (Lipinski definition) is 3. The molecule has 1 aliphatic carbocycles. The fourth-order valence-corrected chi connectivity index (χ4v) is 5.89. The number of benzene rings is 1. The Bertz CT molecular complexity index is 1080. The summed E-state index contributed by atoms with van der Waals surface area (Å²) in [6.07, 6.45) is 7.59. The first-order chi connectivity index (χ1) is 16.9. The zero-order valence-electron chi connectivity index (χ0n) is 20.6. The van der Waals surface area contributed by atoms with Crippen LogP contribution < -0.4 is 22.1 Å². The number of hydrogen-bond acceptors (Lipinski definition) is 6. The molecular formula is C26H37N7O2. The molecule has 3 heterocycles. The number of nitrogens with two attached hydrogens (primary N) is 1. The predicted molar refractivity (Wildman–Crippen MR) is 137 cm³/mol. The molecule has 9 nitrogen and oxygen atoms in total. The molecule has 1 saturated carbocycles. The molecule has 1 atom stereocenters. The summed E-state index contributed by atoms with van der Waals surface area (Å²) >= 11 is 0. The van der Waals surface area contributed by atoms with Gasteiger partial charge in [0, 0.05) is 44.5 Å². The SMILES string of the molecule is CC(Cc1ccc(-n2ccc(NC(=O)N3CCNCC3)nc2=O)cc1)N1CCC2(CC1)CC(N)C2. The molecule has 2 amide bonds. The first-order valence-electron chi connectivity index (χ1n) is 12.9. The first-order valence-corrected chi connectivity index (χ1v) is 12.9. The number of likely N-dealkylation sites (tertiary alicyclic amines) is 1. The van der Waals surface area contributed by atoms with E-state index >= 15 is 0 Å². The molecule has 2 aliphatic heterocycles. The van der Waals surface area contributed by atoms with Gasteiger partial charge in [0.1, 0.15) is 5.82 Å². The van der Waals surface area contributed by atoms with Gasteiger partial charge in [-0.15, -0.1) is 0 Å². The quantitative estimate of drug-likeness (QED) is 0.604. The molecule has 5 rings (SSSR count). The Labute approximate surface area is 206 Å². The van der Waals surface area contributed by atoms with Gasteiger partial charge in [0.2, 0.25) is 0 Å². The van der Waals surface area contributed by atoms with Crippen LogP contribution in [0.2, 0.25) is 0 Å². The molecule has 35 heavy (non-hydrogen) atoms. The third kappa shape index (κ3) is 5.42. The number of carbonyl (C=O) groups is 1. The Kier molecular flexibility index (Phi) is 6.91. The Balaban J connectivity index is 1.16. The molecule has 188 valence electrons. The van der Waals surface area contributed by atoms with E-state index in [1.807, 2.05) is 12.1 Å². The lowest BCUT2D eigenvalue weighted by molar-refractivity contribution is 0.00574. The molecule has 2 aromatic rings. The standard InChI is InChI=1S/C26H37N7O2/c1-19(31-12-7-26(8-13-31)17-21(27)18-26)16-20-2-4-22(5-3-20)33-11-6-23(30-25(33)35)29-24(34)32-14-9-28-10-15-32/h2-6,11,19,21,28H,7-10,12-18,27H2,1H3,(H,29,30,34,35). The zero-order valence-corrected chi connectivity index (χ0v) is 20.6. The van der Waals surface area contributed by atoms with E-state index in [1.165, 1.54) is 35.8 Å². The highest BCUT2D eigenvalue weighted by Gasteiger charge is 2.44. The van der Waals surface area contributed by atoms with Gasteiger partial charge in [-0.1, -0.05) is 12.1 Å². The molecule has 9 heteroatoms. The van der Waals surface area contributed by atoms with Crippen LogP contribution in [-0.2, 0) is 6.42 Å². The number of aromatic nitrogens is 2. The van der Waals surface area contributed by atoms with Gasteiger partial charge in [0.25, 0.3) is 0 Å². The number of amides is 2. The summed E-state index contributed by atoms with van der Waals surface area (Å²) in [5.41, 5.74) is 8.18. The van der Waals surface area contributed by atoms with E-state index in [-0.39, 0.29) is 11.8 Å². The van der Waals surface area contributed by atoms with Crippen molar-refractivity contribution in [3.05, 3.63) is 52.6 Å². The number of nitrogens with one attached hydrogen (secondary N) is 2. The number of carbonyl (C=O) groups excluding carboxylic acids is 1. The van der Waals surface area contributed by atoms with Crippen LogP contribution in [0.4, 0.5) is 10.6 Å². The highest BCUT2D eigenvalue weighted by molar-refractivity contribution is 5.88. The lowest BCUT2D eigenvalue weighted by Gasteiger charge is -2.52. The van der Waals surface area contributed by atoms with Gasteiger partial charge in [-0.25, -0.2) is 9.59 Å². The van der Waals surface area contributed by atoms with Crippen molar-refractivity contribution in [1.82, 2.24) is 24.7 Å². The van der Waals surface area contributed by atoms with Gasteiger partial charge in [-0.05, 0) is 81.3 Å². The van der Waals surface area contributed by atoms with Crippen LogP contribution in [0.15, 0.2) is 41.3 Å². The van der Waals surface area contributed by atoms with Gasteiger partial charge in [0.15, 0.2) is 0 Å². The lowest BCUT2D eigenvalue weighted by atomic mass is 9.60. The molecule has 3 fully saturated rings. The second kappa shape index (κ2) is 10.1. The lowest BCUT2D eigenvalue weighted by Crippen LogP contribution is -2.53. The smallest absolute Gasteiger partial charge is 0.328 e. The number of piperazine rings is 1. The van der Waals surface area contributed by atoms with Crippen molar-refractivity contribution in [3.8, 4) is 5.69 Å². The van der Waals surface area contributed by atoms with Crippen LogP contribution in [-0.4, -0.2) is 76.7 Å². The van der Waals surface area contributed by atoms with Gasteiger partial charge >= 0.3 is 11.7 Å². The van der Waals surface area contributed by atoms with Crippen LogP contribution >= 0.6 is 0 Å². The molecule has 4 N–H and O–H groups in total. The van der Waals surface area contributed by atoms with Crippen molar-refractivity contribution in [2.24, 2.45) is 11.1 Å². The predicted octanol–water partition coefficient (Wildman–Crippen LogP) is 1.80. The minimum atomic E-state index is -0.415. The van der Waals surface area contributed by atoms with Crippen LogP contribution in [0.25, 0.3) is 5.69 Å². The number of nitrogens with zero attached hydrogens (tertiary/aromatic N) is 4. The summed E-state index contributed by atoms with van der Waals surface area (Å²) < 4.78 is 1.50. The van der Waals surface area contributed by atoms with Crippen molar-refractivity contribution in [3.63, 3.8) is 0 Å². The molecule has 3 aliphatic rings. The number of urea groups is 1. The molecule has 1 unspecified atom stereocenters. The van der Waals surface area contributed by atoms with Crippen molar-refractivity contribution >= 4 is 11.8 Å². The van der Waals surface area contributed by atoms with Gasteiger partial charge in [-0.2, -0.15) is 4.98 Å². The van der Waals surface area contributed by atoms with E-state index in [0.29, 0.717) is 30.6 Å². The molecule has 2 saturated heterocycles. The summed E-state index contributed by atoms with van der Waals surface area (Å²) in [6.45, 7) is 7.44. The summed E-state index contributed by atoms with van der Waals surface area (Å²) in [4.78, 5) is 33.4. The average Bonchev–Trinajstić information content (AvgIpc) is 2.85. The van der Waals surface area contributed by atoms with Gasteiger partial charge < -0.3 is 20.9 Å². The minimum absolute atomic E-state index is 0.227. The van der Waals surface area contributed by atoms with Crippen molar-refractivity contribution < 1.29 is 4.79 Å². The maximum absolute atomic E-state index is 12.6. The third-order valence-electron chi connectivity index (χ3n) is 8.06. The monoisotopic (exact) mass is 479 g/mol. The molecule has 0 bridgehead atoms. The largest absolute Gasteiger partial charge is 0.354 e. The van der Waals surface area contributed by atoms with Crippen molar-refractivity contribution in [2.75, 3.05) is 44.6 Å². The summed E-state index contributed by atoms with van der Waals surface area (Å²) in [7, 11) is 0. The Hall–Kier alpha value is -2.75. The Morgan fingerprint density at radius 3 is 2.46 bits per heavy atom. The number of piperidine rings is 1. The van der Waals surface area contributed by atoms with Crippen LogP contribution in [0.5, 0.6) is 0 Å². The number of rotatable bonds is 5. The van der Waals surface area contributed by atoms with Crippen molar-refractivity contribution in [2.45, 2.75) is 51.1 Å². The third-order valence-corrected chi connectivity index (χ3v) is 8.06. The second-order valence-electron chi connectivity index (χ2n) is 10.6. The molecule has 0 radical (unpaired) electrons. The van der Waals surface area contributed by atoms with E-state index in [2.05, 4.69) is 39.6 Å². The van der Waals surface area contributed by atoms with Crippen LogP contribution in [0.1, 0.15) is 38.2 Å². The van der Waals surface area contributed by atoms with E-state index in [1.54, 1.807) is 17.2 Å². The fraction of sp³-hybridized carbons (Fsp3) is 0.577. The van der Waals surface area contributed by atoms with Gasteiger partial charge in [0.05, 0.1) is 5.69 Å². The minimum Gasteiger partial charge on any atom is -0.328 e. The number of anilines is 1. The summed E-state index contributed by atoms with van der Waals surface area (Å²) in [5, 5.41) is 5.94. The highest BCUT2D eigenvalue weighted by Crippen LogP contribution is 2.48. The highest BCUT2D eigenvalue weighted by atomic mass is 16.2. The maximum atomic E-state index is 12.6. The Morgan fingerprint density at radius 1 is 1.14 bits per heavy atom. The molecular weight excluding hydrogens is 442 g/mol. The zero-order chi connectivity index (χ0) is 24.4. The second-order valence-corrected chi connectivity index (χ2v) is 10.6. The topological polar surface area (TPSA) is 109 Å². The first kappa shape index (κ1) is 24.0. The fourth-order valence-electron chi connectivity index (χ4n) is 5.89. The molecule has 1 spiro atoms.